The molecule has 114 valence electrons. The van der Waals surface area contributed by atoms with E-state index < -0.39 is 5.97 Å². The van der Waals surface area contributed by atoms with Crippen molar-refractivity contribution < 1.29 is 14.6 Å². The van der Waals surface area contributed by atoms with Gasteiger partial charge in [-0.1, -0.05) is 22.0 Å². The van der Waals surface area contributed by atoms with Gasteiger partial charge in [-0.15, -0.1) is 0 Å². The molecule has 5 heteroatoms. The molecule has 1 aromatic rings. The Morgan fingerprint density at radius 3 is 2.81 bits per heavy atom. The molecule has 21 heavy (non-hydrogen) atoms. The summed E-state index contributed by atoms with van der Waals surface area (Å²) in [6.45, 7) is 2.74. The van der Waals surface area contributed by atoms with Crippen molar-refractivity contribution in [1.29, 1.82) is 0 Å². The maximum absolute atomic E-state index is 10.6. The molecule has 1 fully saturated rings. The summed E-state index contributed by atoms with van der Waals surface area (Å²) in [5, 5.41) is 8.67. The average molecular weight is 354 g/mol. The second-order valence-electron chi connectivity index (χ2n) is 5.31. The van der Waals surface area contributed by atoms with Crippen molar-refractivity contribution in [2.24, 2.45) is 5.92 Å². The number of carbonyl (C=O) groups is 1. The van der Waals surface area contributed by atoms with Crippen LogP contribution in [0.4, 0.5) is 5.69 Å². The fourth-order valence-corrected chi connectivity index (χ4v) is 2.97. The molecule has 1 N–H and O–H groups in total. The SMILES string of the molecule is CN(CC1CCOCC1)c1ccc(/C=C/C(=O)O)c(Br)c1. The first-order chi connectivity index (χ1) is 10.1. The Morgan fingerprint density at radius 1 is 1.48 bits per heavy atom. The van der Waals surface area contributed by atoms with Crippen LogP contribution in [0.1, 0.15) is 18.4 Å². The summed E-state index contributed by atoms with van der Waals surface area (Å²) >= 11 is 3.50. The third-order valence-corrected chi connectivity index (χ3v) is 4.39. The molecular formula is C16H20BrNO3. The molecule has 0 radical (unpaired) electrons. The molecule has 0 saturated carbocycles. The maximum Gasteiger partial charge on any atom is 0.328 e. The summed E-state index contributed by atoms with van der Waals surface area (Å²) in [6, 6.07) is 5.98. The van der Waals surface area contributed by atoms with Gasteiger partial charge in [0.1, 0.15) is 0 Å². The monoisotopic (exact) mass is 353 g/mol. The summed E-state index contributed by atoms with van der Waals surface area (Å²) in [6.07, 6.45) is 4.97. The highest BCUT2D eigenvalue weighted by Gasteiger charge is 2.16. The zero-order chi connectivity index (χ0) is 15.2. The van der Waals surface area contributed by atoms with E-state index >= 15 is 0 Å². The van der Waals surface area contributed by atoms with E-state index in [4.69, 9.17) is 9.84 Å². The van der Waals surface area contributed by atoms with Gasteiger partial charge in [-0.3, -0.25) is 0 Å². The third-order valence-electron chi connectivity index (χ3n) is 3.70. The zero-order valence-electron chi connectivity index (χ0n) is 12.1. The first-order valence-electron chi connectivity index (χ1n) is 7.05. The summed E-state index contributed by atoms with van der Waals surface area (Å²) in [5.74, 6) is -0.267. The molecule has 0 spiro atoms. The van der Waals surface area contributed by atoms with Crippen LogP contribution in [-0.2, 0) is 9.53 Å². The van der Waals surface area contributed by atoms with E-state index in [1.165, 1.54) is 0 Å². The number of anilines is 1. The molecule has 2 rings (SSSR count). The quantitative estimate of drug-likeness (QED) is 0.824. The molecule has 0 aliphatic carbocycles. The molecule has 0 atom stereocenters. The summed E-state index contributed by atoms with van der Waals surface area (Å²) in [7, 11) is 2.09. The maximum atomic E-state index is 10.6. The molecule has 0 unspecified atom stereocenters. The van der Waals surface area contributed by atoms with Gasteiger partial charge in [0.2, 0.25) is 0 Å². The number of hydrogen-bond acceptors (Lipinski definition) is 3. The van der Waals surface area contributed by atoms with Gasteiger partial charge < -0.3 is 14.7 Å². The number of ether oxygens (including phenoxy) is 1. The number of nitrogens with zero attached hydrogens (tertiary/aromatic N) is 1. The Morgan fingerprint density at radius 2 is 2.19 bits per heavy atom. The predicted octanol–water partition coefficient (Wildman–Crippen LogP) is 3.41. The Labute approximate surface area is 133 Å². The molecule has 1 aromatic carbocycles. The van der Waals surface area contributed by atoms with Crippen LogP contribution in [0.3, 0.4) is 0 Å². The lowest BCUT2D eigenvalue weighted by molar-refractivity contribution is -0.131. The Bertz CT molecular complexity index is 524. The topological polar surface area (TPSA) is 49.8 Å². The van der Waals surface area contributed by atoms with Crippen molar-refractivity contribution in [2.45, 2.75) is 12.8 Å². The van der Waals surface area contributed by atoms with Crippen LogP contribution in [0.15, 0.2) is 28.7 Å². The lowest BCUT2D eigenvalue weighted by Crippen LogP contribution is -2.29. The first kappa shape index (κ1) is 16.0. The van der Waals surface area contributed by atoms with Crippen LogP contribution in [0, 0.1) is 5.92 Å². The Kier molecular flexibility index (Phi) is 5.82. The van der Waals surface area contributed by atoms with Crippen molar-refractivity contribution in [3.63, 3.8) is 0 Å². The van der Waals surface area contributed by atoms with E-state index in [1.54, 1.807) is 6.08 Å². The molecule has 1 aliphatic rings. The lowest BCUT2D eigenvalue weighted by atomic mass is 9.99. The second-order valence-corrected chi connectivity index (χ2v) is 6.17. The highest BCUT2D eigenvalue weighted by Crippen LogP contribution is 2.26. The number of aliphatic carboxylic acids is 1. The molecule has 1 aliphatic heterocycles. The van der Waals surface area contributed by atoms with Gasteiger partial charge in [-0.25, -0.2) is 4.79 Å². The molecular weight excluding hydrogens is 334 g/mol. The van der Waals surface area contributed by atoms with Crippen LogP contribution in [-0.4, -0.2) is 37.9 Å². The van der Waals surface area contributed by atoms with Crippen LogP contribution in [0.5, 0.6) is 0 Å². The summed E-state index contributed by atoms with van der Waals surface area (Å²) in [4.78, 5) is 12.8. The minimum absolute atomic E-state index is 0.675. The number of carboxylic acid groups (broad SMARTS) is 1. The van der Waals surface area contributed by atoms with Gasteiger partial charge in [0.05, 0.1) is 0 Å². The fraction of sp³-hybridized carbons (Fsp3) is 0.438. The van der Waals surface area contributed by atoms with Crippen molar-refractivity contribution >= 4 is 33.7 Å². The van der Waals surface area contributed by atoms with Crippen LogP contribution < -0.4 is 4.90 Å². The van der Waals surface area contributed by atoms with Gasteiger partial charge in [-0.05, 0) is 42.5 Å². The lowest BCUT2D eigenvalue weighted by Gasteiger charge is -2.28. The predicted molar refractivity (Wildman–Crippen MR) is 87.6 cm³/mol. The zero-order valence-corrected chi connectivity index (χ0v) is 13.7. The molecule has 0 bridgehead atoms. The van der Waals surface area contributed by atoms with E-state index in [0.717, 1.165) is 54.4 Å². The average Bonchev–Trinajstić information content (AvgIpc) is 2.46. The van der Waals surface area contributed by atoms with E-state index in [1.807, 2.05) is 18.2 Å². The largest absolute Gasteiger partial charge is 0.478 e. The van der Waals surface area contributed by atoms with Crippen molar-refractivity contribution in [3.05, 3.63) is 34.3 Å². The van der Waals surface area contributed by atoms with Gasteiger partial charge in [0.15, 0.2) is 0 Å². The molecule has 0 amide bonds. The van der Waals surface area contributed by atoms with Gasteiger partial charge in [-0.2, -0.15) is 0 Å². The minimum atomic E-state index is -0.942. The molecule has 4 nitrogen and oxygen atoms in total. The third kappa shape index (κ3) is 4.86. The van der Waals surface area contributed by atoms with Crippen LogP contribution >= 0.6 is 15.9 Å². The Balaban J connectivity index is 2.02. The van der Waals surface area contributed by atoms with E-state index in [2.05, 4.69) is 27.9 Å². The van der Waals surface area contributed by atoms with Crippen LogP contribution in [0.2, 0.25) is 0 Å². The normalized spacial score (nSPS) is 16.3. The fourth-order valence-electron chi connectivity index (χ4n) is 2.47. The van der Waals surface area contributed by atoms with Gasteiger partial charge in [0.25, 0.3) is 0 Å². The molecule has 1 saturated heterocycles. The van der Waals surface area contributed by atoms with Gasteiger partial charge >= 0.3 is 5.97 Å². The smallest absolute Gasteiger partial charge is 0.328 e. The van der Waals surface area contributed by atoms with Gasteiger partial charge in [0, 0.05) is 43.0 Å². The number of carboxylic acids is 1. The van der Waals surface area contributed by atoms with Crippen molar-refractivity contribution in [2.75, 3.05) is 31.7 Å². The molecule has 1 heterocycles. The number of benzene rings is 1. The first-order valence-corrected chi connectivity index (χ1v) is 7.85. The summed E-state index contributed by atoms with van der Waals surface area (Å²) < 4.78 is 6.29. The highest BCUT2D eigenvalue weighted by atomic mass is 79.9. The van der Waals surface area contributed by atoms with Crippen molar-refractivity contribution in [1.82, 2.24) is 0 Å². The van der Waals surface area contributed by atoms with E-state index in [0.29, 0.717) is 5.92 Å². The summed E-state index contributed by atoms with van der Waals surface area (Å²) in [5.41, 5.74) is 1.99. The second kappa shape index (κ2) is 7.61. The minimum Gasteiger partial charge on any atom is -0.478 e. The molecule has 0 aromatic heterocycles. The number of rotatable bonds is 5. The highest BCUT2D eigenvalue weighted by molar-refractivity contribution is 9.10. The van der Waals surface area contributed by atoms with Crippen molar-refractivity contribution in [3.8, 4) is 0 Å². The van der Waals surface area contributed by atoms with Crippen LogP contribution in [0.25, 0.3) is 6.08 Å². The number of hydrogen-bond donors (Lipinski definition) is 1. The standard InChI is InChI=1S/C16H20BrNO3/c1-18(11-12-6-8-21-9-7-12)14-4-2-13(15(17)10-14)3-5-16(19)20/h2-5,10,12H,6-9,11H2,1H3,(H,19,20)/b5-3+. The Hall–Kier alpha value is -1.33. The number of halogens is 1. The van der Waals surface area contributed by atoms with E-state index in [-0.39, 0.29) is 0 Å². The van der Waals surface area contributed by atoms with E-state index in [9.17, 15) is 4.79 Å².